The number of rotatable bonds is 5. The van der Waals surface area contributed by atoms with Gasteiger partial charge in [0.2, 0.25) is 0 Å². The van der Waals surface area contributed by atoms with Gasteiger partial charge in [-0.25, -0.2) is 0 Å². The Morgan fingerprint density at radius 3 is 2.79 bits per heavy atom. The van der Waals surface area contributed by atoms with Gasteiger partial charge in [0.05, 0.1) is 0 Å². The first-order valence-corrected chi connectivity index (χ1v) is 7.26. The van der Waals surface area contributed by atoms with Gasteiger partial charge in [0.25, 0.3) is 5.91 Å². The number of carbonyl (C=O) groups is 1. The van der Waals surface area contributed by atoms with Crippen LogP contribution in [-0.4, -0.2) is 57.7 Å². The maximum atomic E-state index is 12.5. The van der Waals surface area contributed by atoms with Crippen LogP contribution in [-0.2, 0) is 6.54 Å². The predicted octanol–water partition coefficient (Wildman–Crippen LogP) is 1.46. The summed E-state index contributed by atoms with van der Waals surface area (Å²) in [5, 5.41) is 4.17. The van der Waals surface area contributed by atoms with Crippen molar-refractivity contribution in [1.29, 1.82) is 0 Å². The molecule has 0 aromatic carbocycles. The fourth-order valence-corrected chi connectivity index (χ4v) is 2.89. The number of carbonyl (C=O) groups excluding carboxylic acids is 1. The molecule has 1 aliphatic heterocycles. The minimum atomic E-state index is 0.119. The number of hydrogen-bond donors (Lipinski definition) is 0. The lowest BCUT2D eigenvalue weighted by molar-refractivity contribution is 0.0765. The molecule has 5 nitrogen and oxygen atoms in total. The number of amides is 1. The molecule has 0 aliphatic carbocycles. The molecule has 2 heterocycles. The maximum Gasteiger partial charge on any atom is 0.272 e. The zero-order valence-corrected chi connectivity index (χ0v) is 12.2. The van der Waals surface area contributed by atoms with Crippen molar-refractivity contribution in [3.63, 3.8) is 0 Å². The van der Waals surface area contributed by atoms with Crippen LogP contribution >= 0.6 is 0 Å². The Kier molecular flexibility index (Phi) is 4.58. The highest BCUT2D eigenvalue weighted by atomic mass is 16.2. The van der Waals surface area contributed by atoms with Crippen LogP contribution in [0.25, 0.3) is 0 Å². The Bertz CT molecular complexity index is 425. The van der Waals surface area contributed by atoms with Crippen LogP contribution in [0.1, 0.15) is 37.7 Å². The summed E-state index contributed by atoms with van der Waals surface area (Å²) in [5.41, 5.74) is 0.711. The summed E-state index contributed by atoms with van der Waals surface area (Å²) >= 11 is 0. The van der Waals surface area contributed by atoms with Gasteiger partial charge in [0, 0.05) is 31.9 Å². The van der Waals surface area contributed by atoms with Crippen molar-refractivity contribution < 1.29 is 4.79 Å². The van der Waals surface area contributed by atoms with Crippen LogP contribution in [0, 0.1) is 0 Å². The molecule has 5 heteroatoms. The van der Waals surface area contributed by atoms with E-state index in [2.05, 4.69) is 23.8 Å². The van der Waals surface area contributed by atoms with E-state index in [1.807, 2.05) is 17.9 Å². The number of aromatic nitrogens is 2. The van der Waals surface area contributed by atoms with Crippen molar-refractivity contribution in [3.05, 3.63) is 18.0 Å². The normalized spacial score (nSPS) is 19.4. The van der Waals surface area contributed by atoms with Crippen molar-refractivity contribution in [3.8, 4) is 0 Å². The zero-order valence-electron chi connectivity index (χ0n) is 12.2. The summed E-state index contributed by atoms with van der Waals surface area (Å²) in [6.45, 7) is 10.9. The largest absolute Gasteiger partial charge is 0.336 e. The second-order valence-electron chi connectivity index (χ2n) is 4.95. The van der Waals surface area contributed by atoms with Gasteiger partial charge >= 0.3 is 0 Å². The highest BCUT2D eigenvalue weighted by molar-refractivity contribution is 5.92. The molecule has 0 N–H and O–H groups in total. The first kappa shape index (κ1) is 14.1. The summed E-state index contributed by atoms with van der Waals surface area (Å²) in [7, 11) is 0. The topological polar surface area (TPSA) is 41.4 Å². The second-order valence-corrected chi connectivity index (χ2v) is 4.95. The Morgan fingerprint density at radius 1 is 1.42 bits per heavy atom. The van der Waals surface area contributed by atoms with Gasteiger partial charge < -0.3 is 4.90 Å². The lowest BCUT2D eigenvalue weighted by Crippen LogP contribution is -2.39. The zero-order chi connectivity index (χ0) is 13.8. The summed E-state index contributed by atoms with van der Waals surface area (Å²) in [4.78, 5) is 16.9. The molecule has 106 valence electrons. The molecule has 0 bridgehead atoms. The third-order valence-corrected chi connectivity index (χ3v) is 4.01. The van der Waals surface area contributed by atoms with Crippen LogP contribution in [0.2, 0.25) is 0 Å². The van der Waals surface area contributed by atoms with Gasteiger partial charge in [-0.2, -0.15) is 5.10 Å². The molecule has 1 saturated heterocycles. The van der Waals surface area contributed by atoms with Gasteiger partial charge in [-0.1, -0.05) is 13.8 Å². The molecule has 1 atom stereocenters. The monoisotopic (exact) mass is 264 g/mol. The Balaban J connectivity index is 2.03. The van der Waals surface area contributed by atoms with E-state index in [0.717, 1.165) is 39.1 Å². The van der Waals surface area contributed by atoms with E-state index in [1.165, 1.54) is 0 Å². The first-order valence-electron chi connectivity index (χ1n) is 7.26. The number of aryl methyl sites for hydroxylation is 1. The fourth-order valence-electron chi connectivity index (χ4n) is 2.89. The fraction of sp³-hybridized carbons (Fsp3) is 0.714. The number of likely N-dealkylation sites (N-methyl/N-ethyl adjacent to an activating group) is 1. The van der Waals surface area contributed by atoms with Gasteiger partial charge in [0.1, 0.15) is 5.69 Å². The summed E-state index contributed by atoms with van der Waals surface area (Å²) in [5.74, 6) is 0.119. The van der Waals surface area contributed by atoms with E-state index in [9.17, 15) is 4.79 Å². The van der Waals surface area contributed by atoms with E-state index < -0.39 is 0 Å². The van der Waals surface area contributed by atoms with Crippen molar-refractivity contribution in [1.82, 2.24) is 19.6 Å². The summed E-state index contributed by atoms with van der Waals surface area (Å²) in [6, 6.07) is 2.33. The van der Waals surface area contributed by atoms with E-state index >= 15 is 0 Å². The molecule has 1 aromatic rings. The summed E-state index contributed by atoms with van der Waals surface area (Å²) < 4.78 is 1.77. The van der Waals surface area contributed by atoms with Gasteiger partial charge in [-0.05, 0) is 32.5 Å². The summed E-state index contributed by atoms with van der Waals surface area (Å²) in [6.07, 6.45) is 2.78. The predicted molar refractivity (Wildman–Crippen MR) is 75.1 cm³/mol. The first-order chi connectivity index (χ1) is 9.21. The van der Waals surface area contributed by atoms with Crippen LogP contribution in [0.3, 0.4) is 0 Å². The average Bonchev–Trinajstić information content (AvgIpc) is 3.08. The van der Waals surface area contributed by atoms with Crippen LogP contribution in [0.15, 0.2) is 12.3 Å². The second kappa shape index (κ2) is 6.19. The van der Waals surface area contributed by atoms with E-state index in [-0.39, 0.29) is 5.91 Å². The van der Waals surface area contributed by atoms with Crippen LogP contribution < -0.4 is 0 Å². The van der Waals surface area contributed by atoms with E-state index in [0.29, 0.717) is 11.7 Å². The SMILES string of the molecule is CCN(CC)C1CCN(C(=O)c2ccnn2CC)C1. The van der Waals surface area contributed by atoms with Crippen molar-refractivity contribution in [2.45, 2.75) is 39.8 Å². The third-order valence-electron chi connectivity index (χ3n) is 4.01. The Labute approximate surface area is 115 Å². The molecular weight excluding hydrogens is 240 g/mol. The Hall–Kier alpha value is -1.36. The minimum Gasteiger partial charge on any atom is -0.336 e. The highest BCUT2D eigenvalue weighted by Gasteiger charge is 2.30. The number of likely N-dealkylation sites (tertiary alicyclic amines) is 1. The van der Waals surface area contributed by atoms with Crippen molar-refractivity contribution >= 4 is 5.91 Å². The number of nitrogens with zero attached hydrogens (tertiary/aromatic N) is 4. The van der Waals surface area contributed by atoms with Crippen molar-refractivity contribution in [2.75, 3.05) is 26.2 Å². The standard InChI is InChI=1S/C14H24N4O/c1-4-16(5-2)12-8-10-17(11-12)14(19)13-7-9-15-18(13)6-3/h7,9,12H,4-6,8,10-11H2,1-3H3. The van der Waals surface area contributed by atoms with Crippen LogP contribution in [0.5, 0.6) is 0 Å². The van der Waals surface area contributed by atoms with E-state index in [4.69, 9.17) is 0 Å². The molecule has 0 saturated carbocycles. The molecule has 0 spiro atoms. The van der Waals surface area contributed by atoms with Gasteiger partial charge in [-0.15, -0.1) is 0 Å². The Morgan fingerprint density at radius 2 is 2.16 bits per heavy atom. The van der Waals surface area contributed by atoms with E-state index in [1.54, 1.807) is 10.9 Å². The third kappa shape index (κ3) is 2.81. The number of hydrogen-bond acceptors (Lipinski definition) is 3. The van der Waals surface area contributed by atoms with Gasteiger partial charge in [-0.3, -0.25) is 14.4 Å². The van der Waals surface area contributed by atoms with Gasteiger partial charge in [0.15, 0.2) is 0 Å². The highest BCUT2D eigenvalue weighted by Crippen LogP contribution is 2.18. The van der Waals surface area contributed by atoms with Crippen LogP contribution in [0.4, 0.5) is 0 Å². The molecule has 1 aromatic heterocycles. The molecular formula is C14H24N4O. The smallest absolute Gasteiger partial charge is 0.272 e. The molecule has 1 unspecified atom stereocenters. The molecule has 0 radical (unpaired) electrons. The molecule has 19 heavy (non-hydrogen) atoms. The quantitative estimate of drug-likeness (QED) is 0.808. The molecule has 1 fully saturated rings. The average molecular weight is 264 g/mol. The van der Waals surface area contributed by atoms with Crippen molar-refractivity contribution in [2.24, 2.45) is 0 Å². The minimum absolute atomic E-state index is 0.119. The maximum absolute atomic E-state index is 12.5. The molecule has 1 aliphatic rings. The molecule has 1 amide bonds. The lowest BCUT2D eigenvalue weighted by Gasteiger charge is -2.26. The molecule has 2 rings (SSSR count). The lowest BCUT2D eigenvalue weighted by atomic mass is 10.2.